The maximum absolute atomic E-state index is 11.8. The second-order valence-electron chi connectivity index (χ2n) is 4.27. The van der Waals surface area contributed by atoms with Crippen molar-refractivity contribution in [2.24, 2.45) is 0 Å². The molecular formula is C11H13BrN2O6. The van der Waals surface area contributed by atoms with Crippen LogP contribution in [0.4, 0.5) is 0 Å². The van der Waals surface area contributed by atoms with Crippen molar-refractivity contribution >= 4 is 22.0 Å². The van der Waals surface area contributed by atoms with Crippen LogP contribution in [0.5, 0.6) is 0 Å². The summed E-state index contributed by atoms with van der Waals surface area (Å²) in [7, 11) is 0. The first-order chi connectivity index (χ1) is 9.49. The second kappa shape index (κ2) is 6.02. The summed E-state index contributed by atoms with van der Waals surface area (Å²) >= 11 is 3.01. The number of aliphatic hydroxyl groups is 3. The fourth-order valence-electron chi connectivity index (χ4n) is 1.99. The van der Waals surface area contributed by atoms with E-state index in [0.717, 1.165) is 4.57 Å². The normalized spacial score (nSPS) is 30.2. The Balaban J connectivity index is 2.46. The van der Waals surface area contributed by atoms with Gasteiger partial charge in [0.25, 0.3) is 5.56 Å². The summed E-state index contributed by atoms with van der Waals surface area (Å²) in [6.45, 7) is -0.499. The smallest absolute Gasteiger partial charge is 0.330 e. The highest BCUT2D eigenvalue weighted by atomic mass is 79.9. The predicted octanol–water partition coefficient (Wildman–Crippen LogP) is -1.49. The molecule has 8 nitrogen and oxygen atoms in total. The second-order valence-corrected chi connectivity index (χ2v) is 4.80. The van der Waals surface area contributed by atoms with Gasteiger partial charge < -0.3 is 20.1 Å². The SMILES string of the molecule is O=c1[nH]c(=O)n([C@H]2O[C@@H](CO)[C@H](O)[C@H]2O)cc1/C=C/Br. The Morgan fingerprint density at radius 3 is 2.65 bits per heavy atom. The number of ether oxygens (including phenoxy) is 1. The molecule has 0 radical (unpaired) electrons. The van der Waals surface area contributed by atoms with Crippen LogP contribution in [-0.2, 0) is 4.74 Å². The summed E-state index contributed by atoms with van der Waals surface area (Å²) in [6.07, 6.45) is -2.27. The lowest BCUT2D eigenvalue weighted by molar-refractivity contribution is -0.0550. The van der Waals surface area contributed by atoms with E-state index in [2.05, 4.69) is 20.9 Å². The minimum atomic E-state index is -1.39. The molecule has 0 amide bonds. The molecule has 1 aromatic rings. The van der Waals surface area contributed by atoms with Crippen LogP contribution in [-0.4, -0.2) is 49.8 Å². The number of H-pyrrole nitrogens is 1. The fourth-order valence-corrected chi connectivity index (χ4v) is 2.27. The van der Waals surface area contributed by atoms with E-state index in [0.29, 0.717) is 0 Å². The molecule has 1 aliphatic rings. The molecule has 1 aliphatic heterocycles. The predicted molar refractivity (Wildman–Crippen MR) is 72.3 cm³/mol. The van der Waals surface area contributed by atoms with Gasteiger partial charge in [-0.05, 0) is 11.1 Å². The molecule has 110 valence electrons. The van der Waals surface area contributed by atoms with Crippen LogP contribution in [0, 0.1) is 0 Å². The van der Waals surface area contributed by atoms with Crippen LogP contribution in [0.25, 0.3) is 6.08 Å². The Morgan fingerprint density at radius 2 is 2.10 bits per heavy atom. The zero-order chi connectivity index (χ0) is 14.9. The molecule has 2 rings (SSSR count). The topological polar surface area (TPSA) is 125 Å². The van der Waals surface area contributed by atoms with Crippen molar-refractivity contribution in [2.75, 3.05) is 6.61 Å². The number of aromatic nitrogens is 2. The van der Waals surface area contributed by atoms with E-state index in [-0.39, 0.29) is 5.56 Å². The first-order valence-electron chi connectivity index (χ1n) is 5.74. The lowest BCUT2D eigenvalue weighted by atomic mass is 10.1. The van der Waals surface area contributed by atoms with Gasteiger partial charge in [-0.15, -0.1) is 0 Å². The van der Waals surface area contributed by atoms with Gasteiger partial charge >= 0.3 is 5.69 Å². The van der Waals surface area contributed by atoms with Crippen molar-refractivity contribution < 1.29 is 20.1 Å². The van der Waals surface area contributed by atoms with Crippen molar-refractivity contribution in [3.63, 3.8) is 0 Å². The first kappa shape index (κ1) is 15.1. The van der Waals surface area contributed by atoms with Crippen LogP contribution < -0.4 is 11.2 Å². The van der Waals surface area contributed by atoms with Crippen molar-refractivity contribution in [3.8, 4) is 0 Å². The summed E-state index contributed by atoms with van der Waals surface area (Å²) in [6, 6.07) is 0. The molecule has 0 saturated carbocycles. The van der Waals surface area contributed by atoms with Gasteiger partial charge in [0.05, 0.1) is 12.2 Å². The molecule has 1 aromatic heterocycles. The maximum atomic E-state index is 11.8. The number of hydrogen-bond donors (Lipinski definition) is 4. The van der Waals surface area contributed by atoms with Crippen molar-refractivity contribution in [1.29, 1.82) is 0 Å². The summed E-state index contributed by atoms with van der Waals surface area (Å²) in [5, 5.41) is 28.5. The number of halogens is 1. The summed E-state index contributed by atoms with van der Waals surface area (Å²) in [5.41, 5.74) is -1.20. The van der Waals surface area contributed by atoms with E-state index < -0.39 is 42.4 Å². The van der Waals surface area contributed by atoms with E-state index in [1.165, 1.54) is 17.3 Å². The van der Waals surface area contributed by atoms with Crippen molar-refractivity contribution in [3.05, 3.63) is 37.6 Å². The van der Waals surface area contributed by atoms with Crippen LogP contribution in [0.3, 0.4) is 0 Å². The number of rotatable bonds is 3. The molecule has 0 spiro atoms. The van der Waals surface area contributed by atoms with Crippen LogP contribution in [0.1, 0.15) is 11.8 Å². The molecule has 20 heavy (non-hydrogen) atoms. The maximum Gasteiger partial charge on any atom is 0.330 e. The van der Waals surface area contributed by atoms with Gasteiger partial charge in [0.2, 0.25) is 0 Å². The molecule has 1 fully saturated rings. The molecular weight excluding hydrogens is 336 g/mol. The van der Waals surface area contributed by atoms with E-state index in [4.69, 9.17) is 9.84 Å². The number of aliphatic hydroxyl groups excluding tert-OH is 3. The highest BCUT2D eigenvalue weighted by molar-refractivity contribution is 9.11. The van der Waals surface area contributed by atoms with Gasteiger partial charge in [0.1, 0.15) is 18.3 Å². The minimum absolute atomic E-state index is 0.166. The lowest BCUT2D eigenvalue weighted by Crippen LogP contribution is -2.38. The molecule has 9 heteroatoms. The highest BCUT2D eigenvalue weighted by Gasteiger charge is 2.43. The largest absolute Gasteiger partial charge is 0.394 e. The van der Waals surface area contributed by atoms with Crippen molar-refractivity contribution in [2.45, 2.75) is 24.5 Å². The van der Waals surface area contributed by atoms with E-state index in [1.807, 2.05) is 0 Å². The number of nitrogens with one attached hydrogen (secondary N) is 1. The third-order valence-corrected chi connectivity index (χ3v) is 3.29. The highest BCUT2D eigenvalue weighted by Crippen LogP contribution is 2.27. The fraction of sp³-hybridized carbons (Fsp3) is 0.455. The average molecular weight is 349 g/mol. The lowest BCUT2D eigenvalue weighted by Gasteiger charge is -2.17. The summed E-state index contributed by atoms with van der Waals surface area (Å²) in [4.78, 5) is 26.8. The molecule has 2 heterocycles. The minimum Gasteiger partial charge on any atom is -0.394 e. The standard InChI is InChI=1S/C11H13BrN2O6/c12-2-1-5-3-14(11(19)13-9(5)18)10-8(17)7(16)6(4-15)20-10/h1-3,6-8,10,15-17H,4H2,(H,13,18,19)/b2-1+/t6-,7-,8+,10-/m0/s1. The Hall–Kier alpha value is -1.26. The average Bonchev–Trinajstić information content (AvgIpc) is 2.70. The Labute approximate surface area is 121 Å². The van der Waals surface area contributed by atoms with Crippen LogP contribution >= 0.6 is 15.9 Å². The number of aromatic amines is 1. The molecule has 4 N–H and O–H groups in total. The molecule has 0 aromatic carbocycles. The van der Waals surface area contributed by atoms with Crippen LogP contribution in [0.15, 0.2) is 20.8 Å². The monoisotopic (exact) mass is 348 g/mol. The van der Waals surface area contributed by atoms with Gasteiger partial charge in [0, 0.05) is 6.20 Å². The Bertz CT molecular complexity index is 624. The third-order valence-electron chi connectivity index (χ3n) is 3.03. The zero-order valence-corrected chi connectivity index (χ0v) is 11.7. The van der Waals surface area contributed by atoms with Gasteiger partial charge in [-0.25, -0.2) is 4.79 Å². The third kappa shape index (κ3) is 2.63. The van der Waals surface area contributed by atoms with E-state index in [1.54, 1.807) is 0 Å². The molecule has 0 unspecified atom stereocenters. The van der Waals surface area contributed by atoms with Crippen LogP contribution in [0.2, 0.25) is 0 Å². The molecule has 4 atom stereocenters. The Kier molecular flexibility index (Phi) is 4.55. The van der Waals surface area contributed by atoms with Gasteiger partial charge in [-0.3, -0.25) is 14.3 Å². The zero-order valence-electron chi connectivity index (χ0n) is 10.1. The molecule has 0 aliphatic carbocycles. The molecule has 1 saturated heterocycles. The molecule has 0 bridgehead atoms. The van der Waals surface area contributed by atoms with E-state index in [9.17, 15) is 19.8 Å². The van der Waals surface area contributed by atoms with E-state index >= 15 is 0 Å². The summed E-state index contributed by atoms with van der Waals surface area (Å²) in [5.74, 6) is 0. The van der Waals surface area contributed by atoms with Gasteiger partial charge in [-0.1, -0.05) is 15.9 Å². The number of nitrogens with zero attached hydrogens (tertiary/aromatic N) is 1. The number of hydrogen-bond acceptors (Lipinski definition) is 6. The quantitative estimate of drug-likeness (QED) is 0.527. The summed E-state index contributed by atoms with van der Waals surface area (Å²) < 4.78 is 6.20. The van der Waals surface area contributed by atoms with Gasteiger partial charge in [-0.2, -0.15) is 0 Å². The first-order valence-corrected chi connectivity index (χ1v) is 6.66. The van der Waals surface area contributed by atoms with Crippen molar-refractivity contribution in [1.82, 2.24) is 9.55 Å². The Morgan fingerprint density at radius 1 is 1.40 bits per heavy atom. The van der Waals surface area contributed by atoms with Gasteiger partial charge in [0.15, 0.2) is 6.23 Å².